The third-order valence-electron chi connectivity index (χ3n) is 2.80. The van der Waals surface area contributed by atoms with Crippen LogP contribution in [0.1, 0.15) is 32.4 Å². The molecule has 2 atom stereocenters. The molecule has 1 rings (SSSR count). The zero-order valence-electron chi connectivity index (χ0n) is 11.7. The summed E-state index contributed by atoms with van der Waals surface area (Å²) in [5.41, 5.74) is 0.831. The molecular formula is C14H20FNO3. The lowest BCUT2D eigenvalue weighted by Crippen LogP contribution is -2.25. The molecule has 5 heteroatoms. The van der Waals surface area contributed by atoms with E-state index in [9.17, 15) is 9.18 Å². The third-order valence-corrected chi connectivity index (χ3v) is 2.80. The van der Waals surface area contributed by atoms with Crippen LogP contribution < -0.4 is 10.1 Å². The first kappa shape index (κ1) is 15.4. The SMILES string of the molecule is CCNC(C)c1ccc(OC(C)C(=O)OC)c(F)c1. The zero-order chi connectivity index (χ0) is 14.4. The Morgan fingerprint density at radius 1 is 1.42 bits per heavy atom. The summed E-state index contributed by atoms with van der Waals surface area (Å²) in [5.74, 6) is -0.979. The predicted molar refractivity (Wildman–Crippen MR) is 70.6 cm³/mol. The Hall–Kier alpha value is -1.62. The van der Waals surface area contributed by atoms with Crippen LogP contribution in [0.5, 0.6) is 5.75 Å². The van der Waals surface area contributed by atoms with Crippen LogP contribution in [0, 0.1) is 5.82 Å². The summed E-state index contributed by atoms with van der Waals surface area (Å²) in [5, 5.41) is 3.19. The van der Waals surface area contributed by atoms with Crippen LogP contribution in [0.3, 0.4) is 0 Å². The number of methoxy groups -OCH3 is 1. The second-order valence-corrected chi connectivity index (χ2v) is 4.25. The lowest BCUT2D eigenvalue weighted by Gasteiger charge is -2.16. The van der Waals surface area contributed by atoms with Crippen molar-refractivity contribution < 1.29 is 18.7 Å². The van der Waals surface area contributed by atoms with Gasteiger partial charge in [0.25, 0.3) is 0 Å². The van der Waals surface area contributed by atoms with Gasteiger partial charge in [-0.05, 0) is 38.1 Å². The van der Waals surface area contributed by atoms with Crippen LogP contribution in [-0.4, -0.2) is 25.7 Å². The molecule has 0 aromatic heterocycles. The molecule has 0 heterocycles. The Bertz CT molecular complexity index is 437. The maximum absolute atomic E-state index is 13.9. The van der Waals surface area contributed by atoms with Crippen molar-refractivity contribution >= 4 is 5.97 Å². The van der Waals surface area contributed by atoms with Gasteiger partial charge in [-0.2, -0.15) is 0 Å². The molecule has 0 spiro atoms. The largest absolute Gasteiger partial charge is 0.476 e. The first-order chi connectivity index (χ1) is 8.99. The molecule has 0 aliphatic rings. The summed E-state index contributed by atoms with van der Waals surface area (Å²) in [6.45, 7) is 6.26. The van der Waals surface area contributed by atoms with Gasteiger partial charge in [-0.15, -0.1) is 0 Å². The molecule has 0 fully saturated rings. The predicted octanol–water partition coefficient (Wildman–Crippen LogP) is 2.44. The van der Waals surface area contributed by atoms with E-state index < -0.39 is 17.9 Å². The smallest absolute Gasteiger partial charge is 0.346 e. The second kappa shape index (κ2) is 7.09. The first-order valence-corrected chi connectivity index (χ1v) is 6.26. The summed E-state index contributed by atoms with van der Waals surface area (Å²) < 4.78 is 23.6. The highest BCUT2D eigenvalue weighted by Crippen LogP contribution is 2.23. The lowest BCUT2D eigenvalue weighted by atomic mass is 10.1. The molecular weight excluding hydrogens is 249 g/mol. The Morgan fingerprint density at radius 2 is 2.11 bits per heavy atom. The Labute approximate surface area is 112 Å². The van der Waals surface area contributed by atoms with Gasteiger partial charge in [0, 0.05) is 6.04 Å². The molecule has 1 aromatic rings. The maximum atomic E-state index is 13.9. The molecule has 1 N–H and O–H groups in total. The topological polar surface area (TPSA) is 47.6 Å². The van der Waals surface area contributed by atoms with Crippen LogP contribution in [0.15, 0.2) is 18.2 Å². The van der Waals surface area contributed by atoms with Crippen LogP contribution in [0.2, 0.25) is 0 Å². The maximum Gasteiger partial charge on any atom is 0.346 e. The van der Waals surface area contributed by atoms with Gasteiger partial charge < -0.3 is 14.8 Å². The van der Waals surface area contributed by atoms with E-state index in [0.29, 0.717) is 0 Å². The molecule has 106 valence electrons. The van der Waals surface area contributed by atoms with Crippen LogP contribution in [0.4, 0.5) is 4.39 Å². The number of nitrogens with one attached hydrogen (secondary N) is 1. The second-order valence-electron chi connectivity index (χ2n) is 4.25. The fourth-order valence-electron chi connectivity index (χ4n) is 1.71. The van der Waals surface area contributed by atoms with E-state index in [4.69, 9.17) is 4.74 Å². The van der Waals surface area contributed by atoms with Crippen molar-refractivity contribution in [3.05, 3.63) is 29.6 Å². The van der Waals surface area contributed by atoms with Crippen molar-refractivity contribution in [2.24, 2.45) is 0 Å². The minimum absolute atomic E-state index is 0.0466. The van der Waals surface area contributed by atoms with Crippen molar-refractivity contribution in [2.75, 3.05) is 13.7 Å². The highest BCUT2D eigenvalue weighted by atomic mass is 19.1. The standard InChI is InChI=1S/C14H20FNO3/c1-5-16-9(2)11-6-7-13(12(15)8-11)19-10(3)14(17)18-4/h6-10,16H,5H2,1-4H3. The van der Waals surface area contributed by atoms with Gasteiger partial charge >= 0.3 is 5.97 Å². The average molecular weight is 269 g/mol. The minimum Gasteiger partial charge on any atom is -0.476 e. The lowest BCUT2D eigenvalue weighted by molar-refractivity contribution is -0.148. The van der Waals surface area contributed by atoms with Gasteiger partial charge in [0.15, 0.2) is 17.7 Å². The monoisotopic (exact) mass is 269 g/mol. The van der Waals surface area contributed by atoms with Gasteiger partial charge in [-0.25, -0.2) is 9.18 Å². The summed E-state index contributed by atoms with van der Waals surface area (Å²) >= 11 is 0. The van der Waals surface area contributed by atoms with Gasteiger partial charge in [-0.3, -0.25) is 0 Å². The summed E-state index contributed by atoms with van der Waals surface area (Å²) in [4.78, 5) is 11.2. The van der Waals surface area contributed by atoms with Gasteiger partial charge in [0.2, 0.25) is 0 Å². The normalized spacial score (nSPS) is 13.7. The molecule has 0 radical (unpaired) electrons. The highest BCUT2D eigenvalue weighted by molar-refractivity contribution is 5.74. The van der Waals surface area contributed by atoms with Crippen molar-refractivity contribution in [3.63, 3.8) is 0 Å². The molecule has 2 unspecified atom stereocenters. The van der Waals surface area contributed by atoms with Crippen molar-refractivity contribution in [1.82, 2.24) is 5.32 Å². The highest BCUT2D eigenvalue weighted by Gasteiger charge is 2.17. The first-order valence-electron chi connectivity index (χ1n) is 6.26. The van der Waals surface area contributed by atoms with Crippen LogP contribution in [-0.2, 0) is 9.53 Å². The Balaban J connectivity index is 2.80. The fraction of sp³-hybridized carbons (Fsp3) is 0.500. The van der Waals surface area contributed by atoms with Crippen molar-refractivity contribution in [2.45, 2.75) is 32.9 Å². The minimum atomic E-state index is -0.837. The number of halogens is 1. The van der Waals surface area contributed by atoms with Gasteiger partial charge in [0.05, 0.1) is 7.11 Å². The molecule has 0 aliphatic heterocycles. The van der Waals surface area contributed by atoms with Crippen molar-refractivity contribution in [1.29, 1.82) is 0 Å². The molecule has 0 saturated carbocycles. The molecule has 0 aliphatic carbocycles. The van der Waals surface area contributed by atoms with Crippen LogP contribution in [0.25, 0.3) is 0 Å². The Morgan fingerprint density at radius 3 is 2.63 bits per heavy atom. The van der Waals surface area contributed by atoms with E-state index >= 15 is 0 Å². The van der Waals surface area contributed by atoms with E-state index in [1.54, 1.807) is 6.07 Å². The summed E-state index contributed by atoms with van der Waals surface area (Å²) in [6.07, 6.45) is -0.837. The molecule has 4 nitrogen and oxygen atoms in total. The molecule has 19 heavy (non-hydrogen) atoms. The van der Waals surface area contributed by atoms with E-state index in [1.807, 2.05) is 13.8 Å². The third kappa shape index (κ3) is 4.21. The van der Waals surface area contributed by atoms with E-state index in [0.717, 1.165) is 12.1 Å². The molecule has 0 amide bonds. The number of carbonyl (C=O) groups is 1. The number of hydrogen-bond donors (Lipinski definition) is 1. The number of carbonyl (C=O) groups excluding carboxylic acids is 1. The average Bonchev–Trinajstić information content (AvgIpc) is 2.40. The van der Waals surface area contributed by atoms with Gasteiger partial charge in [-0.1, -0.05) is 13.0 Å². The summed E-state index contributed by atoms with van der Waals surface area (Å²) in [7, 11) is 1.26. The van der Waals surface area contributed by atoms with E-state index in [2.05, 4.69) is 10.1 Å². The fourth-order valence-corrected chi connectivity index (χ4v) is 1.71. The Kier molecular flexibility index (Phi) is 5.76. The van der Waals surface area contributed by atoms with Crippen LogP contribution >= 0.6 is 0 Å². The number of hydrogen-bond acceptors (Lipinski definition) is 4. The summed E-state index contributed by atoms with van der Waals surface area (Å²) in [6, 6.07) is 4.77. The van der Waals surface area contributed by atoms with Crippen molar-refractivity contribution in [3.8, 4) is 5.75 Å². The molecule has 0 bridgehead atoms. The zero-order valence-corrected chi connectivity index (χ0v) is 11.7. The quantitative estimate of drug-likeness (QED) is 0.806. The number of rotatable bonds is 6. The molecule has 1 aromatic carbocycles. The number of benzene rings is 1. The molecule has 0 saturated heterocycles. The van der Waals surface area contributed by atoms with Gasteiger partial charge in [0.1, 0.15) is 0 Å². The van der Waals surface area contributed by atoms with E-state index in [-0.39, 0.29) is 11.8 Å². The number of ether oxygens (including phenoxy) is 2. The number of esters is 1. The van der Waals surface area contributed by atoms with E-state index in [1.165, 1.54) is 26.2 Å².